The molecule has 0 heterocycles. The van der Waals surface area contributed by atoms with Gasteiger partial charge in [0.15, 0.2) is 0 Å². The Labute approximate surface area is 88.5 Å². The van der Waals surface area contributed by atoms with E-state index in [1.165, 1.54) is 0 Å². The molecule has 0 aliphatic heterocycles. The fourth-order valence-corrected chi connectivity index (χ4v) is 1.05. The Morgan fingerprint density at radius 2 is 2.07 bits per heavy atom. The van der Waals surface area contributed by atoms with Gasteiger partial charge in [-0.3, -0.25) is 4.79 Å². The lowest BCUT2D eigenvalue weighted by molar-refractivity contribution is 0.0948. The molecule has 0 aliphatic carbocycles. The van der Waals surface area contributed by atoms with Crippen molar-refractivity contribution in [2.24, 2.45) is 0 Å². The van der Waals surface area contributed by atoms with Crippen molar-refractivity contribution in [2.45, 2.75) is 13.0 Å². The van der Waals surface area contributed by atoms with Crippen LogP contribution in [0.5, 0.6) is 5.75 Å². The van der Waals surface area contributed by atoms with Gasteiger partial charge < -0.3 is 10.1 Å². The van der Waals surface area contributed by atoms with Crippen LogP contribution in [0.4, 0.5) is 0 Å². The zero-order valence-electron chi connectivity index (χ0n) is 8.65. The molecule has 15 heavy (non-hydrogen) atoms. The molecule has 1 unspecified atom stereocenters. The SMILES string of the molecule is COc1ccc(C(=O)NC(C)C#N)cc1. The van der Waals surface area contributed by atoms with E-state index in [-0.39, 0.29) is 5.91 Å². The van der Waals surface area contributed by atoms with Crippen LogP contribution in [0.3, 0.4) is 0 Å². The maximum absolute atomic E-state index is 11.5. The first-order valence-corrected chi connectivity index (χ1v) is 4.52. The fourth-order valence-electron chi connectivity index (χ4n) is 1.05. The quantitative estimate of drug-likeness (QED) is 0.808. The number of benzene rings is 1. The van der Waals surface area contributed by atoms with Gasteiger partial charge in [-0.1, -0.05) is 0 Å². The molecule has 0 aromatic heterocycles. The number of hydrogen-bond donors (Lipinski definition) is 1. The molecule has 0 fully saturated rings. The topological polar surface area (TPSA) is 62.1 Å². The Kier molecular flexibility index (Phi) is 3.69. The monoisotopic (exact) mass is 204 g/mol. The van der Waals surface area contributed by atoms with Crippen LogP contribution in [0.1, 0.15) is 17.3 Å². The molecule has 78 valence electrons. The molecule has 4 nitrogen and oxygen atoms in total. The van der Waals surface area contributed by atoms with Gasteiger partial charge in [0.1, 0.15) is 11.8 Å². The summed E-state index contributed by atoms with van der Waals surface area (Å²) in [6.45, 7) is 1.63. The largest absolute Gasteiger partial charge is 0.497 e. The first-order chi connectivity index (χ1) is 7.17. The van der Waals surface area contributed by atoms with Crippen LogP contribution in [-0.2, 0) is 0 Å². The van der Waals surface area contributed by atoms with Gasteiger partial charge in [-0.05, 0) is 31.2 Å². The van der Waals surface area contributed by atoms with Crippen LogP contribution in [0.15, 0.2) is 24.3 Å². The molecule has 1 aromatic rings. The summed E-state index contributed by atoms with van der Waals surface area (Å²) in [5.74, 6) is 0.437. The second-order valence-corrected chi connectivity index (χ2v) is 3.05. The third-order valence-corrected chi connectivity index (χ3v) is 1.89. The van der Waals surface area contributed by atoms with E-state index in [2.05, 4.69) is 5.32 Å². The van der Waals surface area contributed by atoms with E-state index in [0.29, 0.717) is 11.3 Å². The number of nitriles is 1. The van der Waals surface area contributed by atoms with Crippen molar-refractivity contribution in [3.05, 3.63) is 29.8 Å². The van der Waals surface area contributed by atoms with Crippen molar-refractivity contribution in [1.82, 2.24) is 5.32 Å². The number of nitrogens with one attached hydrogen (secondary N) is 1. The number of methoxy groups -OCH3 is 1. The molecule has 0 bridgehead atoms. The van der Waals surface area contributed by atoms with Crippen LogP contribution >= 0.6 is 0 Å². The number of carbonyl (C=O) groups excluding carboxylic acids is 1. The smallest absolute Gasteiger partial charge is 0.252 e. The van der Waals surface area contributed by atoms with Crippen LogP contribution in [0, 0.1) is 11.3 Å². The molecule has 0 saturated heterocycles. The number of carbonyl (C=O) groups is 1. The Hall–Kier alpha value is -2.02. The van der Waals surface area contributed by atoms with Crippen molar-refractivity contribution in [3.63, 3.8) is 0 Å². The van der Waals surface area contributed by atoms with Gasteiger partial charge in [0.05, 0.1) is 13.2 Å². The normalized spacial score (nSPS) is 11.3. The summed E-state index contributed by atoms with van der Waals surface area (Å²) in [5, 5.41) is 11.1. The van der Waals surface area contributed by atoms with E-state index in [1.54, 1.807) is 38.3 Å². The molecule has 1 amide bonds. The van der Waals surface area contributed by atoms with Gasteiger partial charge in [0.25, 0.3) is 5.91 Å². The summed E-state index contributed by atoms with van der Waals surface area (Å²) in [5.41, 5.74) is 0.512. The van der Waals surface area contributed by atoms with Crippen molar-refractivity contribution < 1.29 is 9.53 Å². The van der Waals surface area contributed by atoms with Gasteiger partial charge in [-0.25, -0.2) is 0 Å². The van der Waals surface area contributed by atoms with Crippen molar-refractivity contribution in [1.29, 1.82) is 5.26 Å². The number of rotatable bonds is 3. The van der Waals surface area contributed by atoms with Crippen molar-refractivity contribution >= 4 is 5.91 Å². The lowest BCUT2D eigenvalue weighted by atomic mass is 10.2. The third kappa shape index (κ3) is 2.99. The highest BCUT2D eigenvalue weighted by molar-refractivity contribution is 5.94. The van der Waals surface area contributed by atoms with Gasteiger partial charge in [-0.2, -0.15) is 5.26 Å². The Balaban J connectivity index is 2.71. The highest BCUT2D eigenvalue weighted by Gasteiger charge is 2.08. The molecule has 4 heteroatoms. The highest BCUT2D eigenvalue weighted by Crippen LogP contribution is 2.11. The van der Waals surface area contributed by atoms with Crippen LogP contribution in [0.25, 0.3) is 0 Å². The standard InChI is InChI=1S/C11H12N2O2/c1-8(7-12)13-11(14)9-3-5-10(15-2)6-4-9/h3-6,8H,1-2H3,(H,13,14). The van der Waals surface area contributed by atoms with E-state index in [0.717, 1.165) is 0 Å². The summed E-state index contributed by atoms with van der Waals surface area (Å²) < 4.78 is 4.97. The molecule has 0 aliphatic rings. The summed E-state index contributed by atoms with van der Waals surface area (Å²) in [4.78, 5) is 11.5. The van der Waals surface area contributed by atoms with Crippen molar-refractivity contribution in [2.75, 3.05) is 7.11 Å². The predicted molar refractivity (Wildman–Crippen MR) is 55.5 cm³/mol. The van der Waals surface area contributed by atoms with Gasteiger partial charge >= 0.3 is 0 Å². The lowest BCUT2D eigenvalue weighted by Crippen LogP contribution is -2.31. The second-order valence-electron chi connectivity index (χ2n) is 3.05. The third-order valence-electron chi connectivity index (χ3n) is 1.89. The molecule has 0 radical (unpaired) electrons. The summed E-state index contributed by atoms with van der Waals surface area (Å²) >= 11 is 0. The zero-order chi connectivity index (χ0) is 11.3. The second kappa shape index (κ2) is 5.01. The minimum atomic E-state index is -0.486. The van der Waals surface area contributed by atoms with E-state index in [4.69, 9.17) is 10.00 Å². The van der Waals surface area contributed by atoms with Gasteiger partial charge in [-0.15, -0.1) is 0 Å². The molecule has 1 aromatic carbocycles. The molecule has 1 N–H and O–H groups in total. The minimum Gasteiger partial charge on any atom is -0.497 e. The molecule has 1 rings (SSSR count). The average Bonchev–Trinajstić information content (AvgIpc) is 2.29. The van der Waals surface area contributed by atoms with E-state index in [9.17, 15) is 4.79 Å². The minimum absolute atomic E-state index is 0.258. The fraction of sp³-hybridized carbons (Fsp3) is 0.273. The maximum Gasteiger partial charge on any atom is 0.252 e. The molecule has 0 spiro atoms. The Bertz CT molecular complexity index is 379. The van der Waals surface area contributed by atoms with Gasteiger partial charge in [0.2, 0.25) is 0 Å². The summed E-state index contributed by atoms with van der Waals surface area (Å²) in [7, 11) is 1.56. The Morgan fingerprint density at radius 3 is 2.53 bits per heavy atom. The molecular formula is C11H12N2O2. The maximum atomic E-state index is 11.5. The number of ether oxygens (including phenoxy) is 1. The van der Waals surface area contributed by atoms with Gasteiger partial charge in [0, 0.05) is 5.56 Å². The predicted octanol–water partition coefficient (Wildman–Crippen LogP) is 1.34. The number of amides is 1. The van der Waals surface area contributed by atoms with Crippen LogP contribution in [0.2, 0.25) is 0 Å². The van der Waals surface area contributed by atoms with E-state index < -0.39 is 6.04 Å². The van der Waals surface area contributed by atoms with Crippen LogP contribution in [-0.4, -0.2) is 19.1 Å². The van der Waals surface area contributed by atoms with E-state index >= 15 is 0 Å². The molecule has 1 atom stereocenters. The zero-order valence-corrected chi connectivity index (χ0v) is 8.65. The highest BCUT2D eigenvalue weighted by atomic mass is 16.5. The lowest BCUT2D eigenvalue weighted by Gasteiger charge is -2.06. The summed E-state index contributed by atoms with van der Waals surface area (Å²) in [6, 6.07) is 8.15. The van der Waals surface area contributed by atoms with E-state index in [1.807, 2.05) is 6.07 Å². The van der Waals surface area contributed by atoms with Crippen LogP contribution < -0.4 is 10.1 Å². The number of nitrogens with zero attached hydrogens (tertiary/aromatic N) is 1. The average molecular weight is 204 g/mol. The molecular weight excluding hydrogens is 192 g/mol. The Morgan fingerprint density at radius 1 is 1.47 bits per heavy atom. The first kappa shape index (κ1) is 11.1. The number of hydrogen-bond acceptors (Lipinski definition) is 3. The summed E-state index contributed by atoms with van der Waals surface area (Å²) in [6.07, 6.45) is 0. The molecule has 0 saturated carbocycles. The first-order valence-electron chi connectivity index (χ1n) is 4.52. The van der Waals surface area contributed by atoms with Crippen molar-refractivity contribution in [3.8, 4) is 11.8 Å².